The van der Waals surface area contributed by atoms with Crippen LogP contribution in [0.4, 0.5) is 5.69 Å². The number of methoxy groups -OCH3 is 1. The summed E-state index contributed by atoms with van der Waals surface area (Å²) in [6.07, 6.45) is 0. The van der Waals surface area contributed by atoms with Crippen LogP contribution in [-0.4, -0.2) is 13.0 Å². The molecule has 1 unspecified atom stereocenters. The van der Waals surface area contributed by atoms with Gasteiger partial charge in [0.15, 0.2) is 0 Å². The van der Waals surface area contributed by atoms with Crippen molar-refractivity contribution in [2.45, 2.75) is 13.0 Å². The lowest BCUT2D eigenvalue weighted by atomic mass is 10.2. The average molecular weight is 355 g/mol. The van der Waals surface area contributed by atoms with Crippen molar-refractivity contribution in [1.29, 1.82) is 0 Å². The molecule has 0 saturated carbocycles. The fraction of sp³-hybridized carbons (Fsp3) is 0.214. The Balaban J connectivity index is 2.23. The van der Waals surface area contributed by atoms with Gasteiger partial charge in [-0.15, -0.1) is 11.3 Å². The van der Waals surface area contributed by atoms with E-state index in [0.717, 1.165) is 25.7 Å². The van der Waals surface area contributed by atoms with Gasteiger partial charge in [0.05, 0.1) is 7.11 Å². The second-order valence-corrected chi connectivity index (χ2v) is 6.40. The predicted octanol–water partition coefficient (Wildman–Crippen LogP) is 3.47. The Morgan fingerprint density at radius 1 is 1.40 bits per heavy atom. The Morgan fingerprint density at radius 2 is 2.05 bits per heavy atom. The zero-order chi connectivity index (χ0) is 14.7. The minimum Gasteiger partial charge on any atom is -0.497 e. The first kappa shape index (κ1) is 14.9. The lowest BCUT2D eigenvalue weighted by molar-refractivity contribution is -0.118. The molecule has 2 aromatic rings. The third-order valence-electron chi connectivity index (χ3n) is 2.85. The number of amides is 1. The minimum absolute atomic E-state index is 0.408. The van der Waals surface area contributed by atoms with Crippen molar-refractivity contribution in [3.05, 3.63) is 44.6 Å². The monoisotopic (exact) mass is 354 g/mol. The zero-order valence-electron chi connectivity index (χ0n) is 11.1. The summed E-state index contributed by atoms with van der Waals surface area (Å²) in [5.41, 5.74) is 6.31. The molecule has 0 spiro atoms. The van der Waals surface area contributed by atoms with Crippen molar-refractivity contribution in [2.24, 2.45) is 5.73 Å². The van der Waals surface area contributed by atoms with Gasteiger partial charge >= 0.3 is 0 Å². The van der Waals surface area contributed by atoms with Crippen molar-refractivity contribution in [2.75, 3.05) is 12.4 Å². The molecule has 0 saturated heterocycles. The van der Waals surface area contributed by atoms with Gasteiger partial charge in [-0.3, -0.25) is 4.79 Å². The van der Waals surface area contributed by atoms with Gasteiger partial charge in [0.2, 0.25) is 5.91 Å². The number of primary amides is 1. The average Bonchev–Trinajstić information content (AvgIpc) is 2.76. The first-order valence-corrected chi connectivity index (χ1v) is 7.58. The molecule has 1 atom stereocenters. The van der Waals surface area contributed by atoms with E-state index in [2.05, 4.69) is 21.2 Å². The Hall–Kier alpha value is -1.53. The van der Waals surface area contributed by atoms with Crippen LogP contribution in [0.2, 0.25) is 0 Å². The maximum atomic E-state index is 11.7. The fourth-order valence-corrected chi connectivity index (χ4v) is 3.38. The Labute approximate surface area is 130 Å². The first-order valence-electron chi connectivity index (χ1n) is 5.97. The van der Waals surface area contributed by atoms with Crippen LogP contribution in [-0.2, 0) is 4.79 Å². The molecule has 1 aromatic heterocycles. The van der Waals surface area contributed by atoms with Crippen molar-refractivity contribution >= 4 is 38.9 Å². The molecule has 1 aromatic carbocycles. The van der Waals surface area contributed by atoms with Crippen LogP contribution in [0.15, 0.2) is 34.8 Å². The number of benzene rings is 1. The van der Waals surface area contributed by atoms with Crippen molar-refractivity contribution < 1.29 is 9.53 Å². The van der Waals surface area contributed by atoms with E-state index < -0.39 is 11.9 Å². The highest BCUT2D eigenvalue weighted by Crippen LogP contribution is 2.32. The van der Waals surface area contributed by atoms with E-state index in [1.807, 2.05) is 37.3 Å². The van der Waals surface area contributed by atoms with Crippen molar-refractivity contribution in [3.63, 3.8) is 0 Å². The van der Waals surface area contributed by atoms with E-state index in [1.165, 1.54) is 0 Å². The van der Waals surface area contributed by atoms with E-state index in [-0.39, 0.29) is 0 Å². The molecule has 1 heterocycles. The van der Waals surface area contributed by atoms with Crippen LogP contribution < -0.4 is 15.8 Å². The number of carbonyl (C=O) groups is 1. The van der Waals surface area contributed by atoms with E-state index in [4.69, 9.17) is 10.5 Å². The molecule has 0 aliphatic rings. The number of hydrogen-bond acceptors (Lipinski definition) is 4. The van der Waals surface area contributed by atoms with Crippen LogP contribution in [0.25, 0.3) is 0 Å². The quantitative estimate of drug-likeness (QED) is 0.863. The Morgan fingerprint density at radius 3 is 2.50 bits per heavy atom. The number of nitrogens with one attached hydrogen (secondary N) is 1. The second-order valence-electron chi connectivity index (χ2n) is 4.26. The molecule has 0 aliphatic carbocycles. The maximum absolute atomic E-state index is 11.7. The number of rotatable bonds is 5. The SMILES string of the molecule is COc1ccc(NC(C(N)=O)c2cc(Br)c(C)s2)cc1. The largest absolute Gasteiger partial charge is 0.497 e. The number of anilines is 1. The molecular weight excluding hydrogens is 340 g/mol. The van der Waals surface area contributed by atoms with E-state index in [0.29, 0.717) is 0 Å². The van der Waals surface area contributed by atoms with Crippen LogP contribution >= 0.6 is 27.3 Å². The number of halogens is 1. The van der Waals surface area contributed by atoms with Crippen LogP contribution in [0.3, 0.4) is 0 Å². The normalized spacial score (nSPS) is 11.9. The molecule has 3 N–H and O–H groups in total. The molecule has 0 radical (unpaired) electrons. The molecule has 106 valence electrons. The predicted molar refractivity (Wildman–Crippen MR) is 85.3 cm³/mol. The summed E-state index contributed by atoms with van der Waals surface area (Å²) in [5, 5.41) is 3.15. The topological polar surface area (TPSA) is 64.3 Å². The lowest BCUT2D eigenvalue weighted by Gasteiger charge is -2.15. The third kappa shape index (κ3) is 3.32. The number of hydrogen-bond donors (Lipinski definition) is 2. The summed E-state index contributed by atoms with van der Waals surface area (Å²) < 4.78 is 6.09. The van der Waals surface area contributed by atoms with E-state index in [1.54, 1.807) is 18.4 Å². The molecular formula is C14H15BrN2O2S. The van der Waals surface area contributed by atoms with Gasteiger partial charge in [-0.25, -0.2) is 0 Å². The van der Waals surface area contributed by atoms with Gasteiger partial charge in [0, 0.05) is 19.9 Å². The molecule has 4 nitrogen and oxygen atoms in total. The van der Waals surface area contributed by atoms with Gasteiger partial charge in [-0.2, -0.15) is 0 Å². The Bertz CT molecular complexity index is 591. The van der Waals surface area contributed by atoms with E-state index in [9.17, 15) is 4.79 Å². The highest BCUT2D eigenvalue weighted by molar-refractivity contribution is 9.10. The molecule has 6 heteroatoms. The van der Waals surface area contributed by atoms with Crippen molar-refractivity contribution in [1.82, 2.24) is 0 Å². The summed E-state index contributed by atoms with van der Waals surface area (Å²) in [6, 6.07) is 8.74. The van der Waals surface area contributed by atoms with E-state index >= 15 is 0 Å². The van der Waals surface area contributed by atoms with Gasteiger partial charge in [0.25, 0.3) is 0 Å². The van der Waals surface area contributed by atoms with Crippen LogP contribution in [0, 0.1) is 6.92 Å². The molecule has 0 bridgehead atoms. The smallest absolute Gasteiger partial charge is 0.245 e. The van der Waals surface area contributed by atoms with Gasteiger partial charge in [-0.1, -0.05) is 0 Å². The fourth-order valence-electron chi connectivity index (χ4n) is 1.76. The Kier molecular flexibility index (Phi) is 4.67. The molecule has 1 amide bonds. The molecule has 0 aliphatic heterocycles. The highest BCUT2D eigenvalue weighted by atomic mass is 79.9. The number of carbonyl (C=O) groups excluding carboxylic acids is 1. The summed E-state index contributed by atoms with van der Waals surface area (Å²) >= 11 is 4.99. The minimum atomic E-state index is -0.543. The van der Waals surface area contributed by atoms with Crippen molar-refractivity contribution in [3.8, 4) is 5.75 Å². The molecule has 0 fully saturated rings. The third-order valence-corrected chi connectivity index (χ3v) is 5.05. The highest BCUT2D eigenvalue weighted by Gasteiger charge is 2.20. The summed E-state index contributed by atoms with van der Waals surface area (Å²) in [4.78, 5) is 13.7. The summed E-state index contributed by atoms with van der Waals surface area (Å²) in [5.74, 6) is 0.357. The molecule has 2 rings (SSSR count). The second kappa shape index (κ2) is 6.28. The van der Waals surface area contributed by atoms with Crippen LogP contribution in [0.1, 0.15) is 15.8 Å². The molecule has 20 heavy (non-hydrogen) atoms. The number of thiophene rings is 1. The van der Waals surface area contributed by atoms with Crippen LogP contribution in [0.5, 0.6) is 5.75 Å². The zero-order valence-corrected chi connectivity index (χ0v) is 13.5. The summed E-state index contributed by atoms with van der Waals surface area (Å²) in [7, 11) is 1.61. The summed E-state index contributed by atoms with van der Waals surface area (Å²) in [6.45, 7) is 1.99. The number of nitrogens with two attached hydrogens (primary N) is 1. The number of ether oxygens (including phenoxy) is 1. The van der Waals surface area contributed by atoms with Gasteiger partial charge in [0.1, 0.15) is 11.8 Å². The maximum Gasteiger partial charge on any atom is 0.245 e. The van der Waals surface area contributed by atoms with Gasteiger partial charge in [-0.05, 0) is 53.2 Å². The number of aryl methyl sites for hydroxylation is 1. The lowest BCUT2D eigenvalue weighted by Crippen LogP contribution is -2.26. The van der Waals surface area contributed by atoms with Gasteiger partial charge < -0.3 is 15.8 Å². The first-order chi connectivity index (χ1) is 9.51. The standard InChI is InChI=1S/C14H15BrN2O2S/c1-8-11(15)7-12(20-8)13(14(16)18)17-9-3-5-10(19-2)6-4-9/h3-7,13,17H,1-2H3,(H2,16,18).